The molecule has 1 aromatic heterocycles. The Bertz CT molecular complexity index is 622. The minimum atomic E-state index is -0.212. The molecule has 5 heteroatoms. The normalized spacial score (nSPS) is 11.7. The summed E-state index contributed by atoms with van der Waals surface area (Å²) in [4.78, 5) is 25.4. The van der Waals surface area contributed by atoms with Crippen LogP contribution in [0.2, 0.25) is 0 Å². The van der Waals surface area contributed by atoms with E-state index in [0.717, 1.165) is 10.4 Å². The molecule has 2 N–H and O–H groups in total. The molecular formula is C16H18N2O2S. The average molecular weight is 302 g/mol. The van der Waals surface area contributed by atoms with Crippen LogP contribution in [0, 0.1) is 6.92 Å². The van der Waals surface area contributed by atoms with Gasteiger partial charge in [-0.05, 0) is 31.5 Å². The Hall–Kier alpha value is -2.14. The van der Waals surface area contributed by atoms with Crippen molar-refractivity contribution in [2.24, 2.45) is 0 Å². The number of hydrogen-bond donors (Lipinski definition) is 2. The van der Waals surface area contributed by atoms with Crippen molar-refractivity contribution >= 4 is 23.2 Å². The summed E-state index contributed by atoms with van der Waals surface area (Å²) in [6, 6.07) is 13.3. The van der Waals surface area contributed by atoms with Gasteiger partial charge < -0.3 is 10.6 Å². The van der Waals surface area contributed by atoms with Crippen LogP contribution in [-0.4, -0.2) is 18.4 Å². The molecule has 1 atom stereocenters. The first kappa shape index (κ1) is 15.3. The zero-order chi connectivity index (χ0) is 15.2. The van der Waals surface area contributed by atoms with Crippen LogP contribution in [0.15, 0.2) is 42.5 Å². The molecule has 21 heavy (non-hydrogen) atoms. The molecule has 0 aliphatic rings. The van der Waals surface area contributed by atoms with Crippen molar-refractivity contribution < 1.29 is 9.59 Å². The Morgan fingerprint density at radius 1 is 1.14 bits per heavy atom. The lowest BCUT2D eigenvalue weighted by molar-refractivity contribution is -0.120. The maximum absolute atomic E-state index is 11.8. The number of aryl methyl sites for hydroxylation is 1. The number of nitrogens with one attached hydrogen (secondary N) is 2. The van der Waals surface area contributed by atoms with Crippen molar-refractivity contribution in [1.29, 1.82) is 0 Å². The smallest absolute Gasteiger partial charge is 0.261 e. The zero-order valence-corrected chi connectivity index (χ0v) is 12.9. The minimum Gasteiger partial charge on any atom is -0.348 e. The second-order valence-electron chi connectivity index (χ2n) is 4.79. The summed E-state index contributed by atoms with van der Waals surface area (Å²) in [7, 11) is 0. The van der Waals surface area contributed by atoms with E-state index < -0.39 is 0 Å². The van der Waals surface area contributed by atoms with Gasteiger partial charge in [0.05, 0.1) is 17.5 Å². The van der Waals surface area contributed by atoms with Crippen LogP contribution < -0.4 is 10.6 Å². The first-order valence-corrected chi connectivity index (χ1v) is 7.57. The lowest BCUT2D eigenvalue weighted by Gasteiger charge is -2.14. The van der Waals surface area contributed by atoms with Gasteiger partial charge in [0, 0.05) is 4.88 Å². The second kappa shape index (κ2) is 7.04. The van der Waals surface area contributed by atoms with Gasteiger partial charge in [0.25, 0.3) is 5.91 Å². The minimum absolute atomic E-state index is 0.0209. The average Bonchev–Trinajstić information content (AvgIpc) is 2.92. The summed E-state index contributed by atoms with van der Waals surface area (Å²) in [6.45, 7) is 3.83. The van der Waals surface area contributed by atoms with Crippen molar-refractivity contribution in [1.82, 2.24) is 10.6 Å². The molecule has 1 unspecified atom stereocenters. The third-order valence-corrected chi connectivity index (χ3v) is 4.05. The van der Waals surface area contributed by atoms with Crippen LogP contribution >= 0.6 is 11.3 Å². The predicted octanol–water partition coefficient (Wildman–Crippen LogP) is 2.66. The van der Waals surface area contributed by atoms with Crippen molar-refractivity contribution in [2.75, 3.05) is 6.54 Å². The number of thiophene rings is 1. The molecule has 4 nitrogen and oxygen atoms in total. The van der Waals surface area contributed by atoms with E-state index in [0.29, 0.717) is 4.88 Å². The number of benzene rings is 1. The summed E-state index contributed by atoms with van der Waals surface area (Å²) in [5.41, 5.74) is 1.03. The number of hydrogen-bond acceptors (Lipinski definition) is 3. The van der Waals surface area contributed by atoms with Crippen LogP contribution in [-0.2, 0) is 4.79 Å². The van der Waals surface area contributed by atoms with Gasteiger partial charge in [-0.15, -0.1) is 11.3 Å². The maximum Gasteiger partial charge on any atom is 0.261 e. The molecule has 2 aromatic rings. The van der Waals surface area contributed by atoms with Crippen molar-refractivity contribution in [3.8, 4) is 0 Å². The van der Waals surface area contributed by atoms with Gasteiger partial charge >= 0.3 is 0 Å². The van der Waals surface area contributed by atoms with E-state index in [1.807, 2.05) is 50.2 Å². The van der Waals surface area contributed by atoms with Crippen molar-refractivity contribution in [2.45, 2.75) is 19.9 Å². The van der Waals surface area contributed by atoms with Gasteiger partial charge in [0.2, 0.25) is 5.91 Å². The fraction of sp³-hybridized carbons (Fsp3) is 0.250. The monoisotopic (exact) mass is 302 g/mol. The van der Waals surface area contributed by atoms with Crippen molar-refractivity contribution in [3.63, 3.8) is 0 Å². The molecule has 2 amide bonds. The second-order valence-corrected chi connectivity index (χ2v) is 6.08. The Morgan fingerprint density at radius 2 is 1.86 bits per heavy atom. The van der Waals surface area contributed by atoms with Gasteiger partial charge in [0.1, 0.15) is 0 Å². The van der Waals surface area contributed by atoms with E-state index in [1.165, 1.54) is 11.3 Å². The third-order valence-electron chi connectivity index (χ3n) is 3.05. The highest BCUT2D eigenvalue weighted by Crippen LogP contribution is 2.14. The lowest BCUT2D eigenvalue weighted by Crippen LogP contribution is -2.37. The fourth-order valence-corrected chi connectivity index (χ4v) is 2.71. The molecule has 2 rings (SSSR count). The number of carbonyl (C=O) groups is 2. The molecule has 0 saturated heterocycles. The Labute approximate surface area is 128 Å². The molecule has 0 aliphatic carbocycles. The van der Waals surface area contributed by atoms with Gasteiger partial charge in [-0.3, -0.25) is 9.59 Å². The predicted molar refractivity (Wildman–Crippen MR) is 84.4 cm³/mol. The summed E-state index contributed by atoms with van der Waals surface area (Å²) in [5, 5.41) is 5.49. The van der Waals surface area contributed by atoms with E-state index in [9.17, 15) is 9.59 Å². The molecule has 0 fully saturated rings. The number of carbonyl (C=O) groups excluding carboxylic acids is 2. The SMILES string of the molecule is Cc1ccc(C(=O)NCC(=O)NC(C)c2ccccc2)s1. The Balaban J connectivity index is 1.81. The highest BCUT2D eigenvalue weighted by atomic mass is 32.1. The summed E-state index contributed by atoms with van der Waals surface area (Å²) >= 11 is 1.41. The first-order valence-electron chi connectivity index (χ1n) is 6.75. The molecule has 1 aromatic carbocycles. The number of amides is 2. The highest BCUT2D eigenvalue weighted by molar-refractivity contribution is 7.13. The topological polar surface area (TPSA) is 58.2 Å². The van der Waals surface area contributed by atoms with E-state index in [2.05, 4.69) is 10.6 Å². The van der Waals surface area contributed by atoms with Gasteiger partial charge in [0.15, 0.2) is 0 Å². The van der Waals surface area contributed by atoms with E-state index in [1.54, 1.807) is 6.07 Å². The van der Waals surface area contributed by atoms with Crippen molar-refractivity contribution in [3.05, 3.63) is 57.8 Å². The number of rotatable bonds is 5. The molecule has 0 aliphatic heterocycles. The summed E-state index contributed by atoms with van der Waals surface area (Å²) in [5.74, 6) is -0.413. The maximum atomic E-state index is 11.8. The van der Waals surface area contributed by atoms with Crippen LogP contribution in [0.1, 0.15) is 33.1 Å². The van der Waals surface area contributed by atoms with E-state index >= 15 is 0 Å². The quantitative estimate of drug-likeness (QED) is 0.892. The van der Waals surface area contributed by atoms with Crippen LogP contribution in [0.3, 0.4) is 0 Å². The first-order chi connectivity index (χ1) is 10.1. The Morgan fingerprint density at radius 3 is 2.48 bits per heavy atom. The largest absolute Gasteiger partial charge is 0.348 e. The molecule has 0 bridgehead atoms. The third kappa shape index (κ3) is 4.43. The molecule has 0 saturated carbocycles. The van der Waals surface area contributed by atoms with Gasteiger partial charge in [-0.2, -0.15) is 0 Å². The summed E-state index contributed by atoms with van der Waals surface area (Å²) < 4.78 is 0. The molecule has 1 heterocycles. The standard InChI is InChI=1S/C16H18N2O2S/c1-11-8-9-14(21-11)16(20)17-10-15(19)18-12(2)13-6-4-3-5-7-13/h3-9,12H,10H2,1-2H3,(H,17,20)(H,18,19). The highest BCUT2D eigenvalue weighted by Gasteiger charge is 2.12. The lowest BCUT2D eigenvalue weighted by atomic mass is 10.1. The summed E-state index contributed by atoms with van der Waals surface area (Å²) in [6.07, 6.45) is 0. The molecule has 0 spiro atoms. The fourth-order valence-electron chi connectivity index (χ4n) is 1.92. The molecule has 110 valence electrons. The van der Waals surface area contributed by atoms with Gasteiger partial charge in [-0.1, -0.05) is 30.3 Å². The molecule has 0 radical (unpaired) electrons. The Kier molecular flexibility index (Phi) is 5.11. The van der Waals surface area contributed by atoms with Gasteiger partial charge in [-0.25, -0.2) is 0 Å². The van der Waals surface area contributed by atoms with Crippen LogP contribution in [0.4, 0.5) is 0 Å². The van der Waals surface area contributed by atoms with Crippen LogP contribution in [0.25, 0.3) is 0 Å². The van der Waals surface area contributed by atoms with E-state index in [-0.39, 0.29) is 24.4 Å². The molecular weight excluding hydrogens is 284 g/mol. The van der Waals surface area contributed by atoms with E-state index in [4.69, 9.17) is 0 Å². The van der Waals surface area contributed by atoms with Crippen LogP contribution in [0.5, 0.6) is 0 Å². The zero-order valence-electron chi connectivity index (χ0n) is 12.1.